The lowest BCUT2D eigenvalue weighted by molar-refractivity contribution is -0.138. The summed E-state index contributed by atoms with van der Waals surface area (Å²) in [5.41, 5.74) is 9.52. The third kappa shape index (κ3) is 3.02. The van der Waals surface area contributed by atoms with Crippen molar-refractivity contribution in [2.75, 3.05) is 6.54 Å². The fourth-order valence-corrected chi connectivity index (χ4v) is 2.32. The van der Waals surface area contributed by atoms with Crippen LogP contribution in [0.15, 0.2) is 0 Å². The molecule has 0 aromatic carbocycles. The fourth-order valence-electron chi connectivity index (χ4n) is 2.32. The molecule has 5 N–H and O–H groups in total. The molecule has 1 saturated carbocycles. The van der Waals surface area contributed by atoms with Gasteiger partial charge in [0.1, 0.15) is 5.54 Å². The summed E-state index contributed by atoms with van der Waals surface area (Å²) in [6.45, 7) is 5.73. The van der Waals surface area contributed by atoms with Crippen molar-refractivity contribution >= 4 is 11.8 Å². The Labute approximate surface area is 109 Å². The zero-order valence-electron chi connectivity index (χ0n) is 11.6. The number of hydrogen-bond acceptors (Lipinski definition) is 3. The van der Waals surface area contributed by atoms with E-state index in [9.17, 15) is 9.59 Å². The van der Waals surface area contributed by atoms with Gasteiger partial charge in [-0.2, -0.15) is 0 Å². The van der Waals surface area contributed by atoms with E-state index in [0.717, 1.165) is 25.7 Å². The Hall–Kier alpha value is -1.10. The highest BCUT2D eigenvalue weighted by molar-refractivity contribution is 5.92. The molecule has 18 heavy (non-hydrogen) atoms. The van der Waals surface area contributed by atoms with E-state index < -0.39 is 16.9 Å². The first-order chi connectivity index (χ1) is 8.23. The van der Waals surface area contributed by atoms with Crippen molar-refractivity contribution in [2.24, 2.45) is 22.8 Å². The number of nitrogens with two attached hydrogens (primary N) is 2. The number of rotatable bonds is 4. The average Bonchev–Trinajstić information content (AvgIpc) is 2.29. The number of amides is 2. The van der Waals surface area contributed by atoms with Gasteiger partial charge in [-0.25, -0.2) is 0 Å². The van der Waals surface area contributed by atoms with Gasteiger partial charge >= 0.3 is 0 Å². The van der Waals surface area contributed by atoms with E-state index in [0.29, 0.717) is 12.5 Å². The third-order valence-electron chi connectivity index (χ3n) is 4.15. The minimum absolute atomic E-state index is 0.138. The Bertz CT molecular complexity index is 331. The van der Waals surface area contributed by atoms with Gasteiger partial charge in [0.2, 0.25) is 11.8 Å². The van der Waals surface area contributed by atoms with Crippen molar-refractivity contribution in [3.63, 3.8) is 0 Å². The van der Waals surface area contributed by atoms with Crippen molar-refractivity contribution in [2.45, 2.75) is 52.0 Å². The molecule has 2 amide bonds. The summed E-state index contributed by atoms with van der Waals surface area (Å²) in [4.78, 5) is 23.6. The van der Waals surface area contributed by atoms with Crippen molar-refractivity contribution in [3.8, 4) is 0 Å². The number of hydrogen-bond donors (Lipinski definition) is 3. The summed E-state index contributed by atoms with van der Waals surface area (Å²) >= 11 is 0. The van der Waals surface area contributed by atoms with Gasteiger partial charge in [0.25, 0.3) is 0 Å². The van der Waals surface area contributed by atoms with Crippen molar-refractivity contribution < 1.29 is 9.59 Å². The first-order valence-electron chi connectivity index (χ1n) is 6.56. The maximum Gasteiger partial charge on any atom is 0.242 e. The van der Waals surface area contributed by atoms with Crippen molar-refractivity contribution in [1.29, 1.82) is 0 Å². The Morgan fingerprint density at radius 2 is 1.83 bits per heavy atom. The van der Waals surface area contributed by atoms with Gasteiger partial charge < -0.3 is 16.8 Å². The lowest BCUT2D eigenvalue weighted by atomic mass is 9.70. The topological polar surface area (TPSA) is 98.2 Å². The van der Waals surface area contributed by atoms with Gasteiger partial charge in [-0.05, 0) is 45.4 Å². The van der Waals surface area contributed by atoms with Gasteiger partial charge in [0.15, 0.2) is 0 Å². The van der Waals surface area contributed by atoms with Crippen LogP contribution in [0.3, 0.4) is 0 Å². The number of nitrogens with one attached hydrogen (secondary N) is 1. The lowest BCUT2D eigenvalue weighted by Crippen LogP contribution is -2.58. The molecule has 0 aromatic rings. The number of carbonyl (C=O) groups is 2. The molecule has 0 bridgehead atoms. The Morgan fingerprint density at radius 3 is 2.22 bits per heavy atom. The molecular formula is C13H25N3O2. The van der Waals surface area contributed by atoms with Crippen LogP contribution in [0.1, 0.15) is 46.5 Å². The van der Waals surface area contributed by atoms with E-state index >= 15 is 0 Å². The third-order valence-corrected chi connectivity index (χ3v) is 4.15. The zero-order valence-corrected chi connectivity index (χ0v) is 11.6. The maximum absolute atomic E-state index is 12.4. The van der Waals surface area contributed by atoms with Crippen LogP contribution >= 0.6 is 0 Å². The highest BCUT2D eigenvalue weighted by Crippen LogP contribution is 2.38. The number of primary amides is 1. The molecule has 1 aliphatic carbocycles. The molecule has 0 heterocycles. The molecule has 5 nitrogen and oxygen atoms in total. The molecule has 0 saturated heterocycles. The summed E-state index contributed by atoms with van der Waals surface area (Å²) in [6, 6.07) is 0. The lowest BCUT2D eigenvalue weighted by Gasteiger charge is -2.39. The highest BCUT2D eigenvalue weighted by atomic mass is 16.2. The molecular weight excluding hydrogens is 230 g/mol. The van der Waals surface area contributed by atoms with Gasteiger partial charge in [0.05, 0.1) is 5.41 Å². The first-order valence-corrected chi connectivity index (χ1v) is 6.56. The van der Waals surface area contributed by atoms with Crippen molar-refractivity contribution in [1.82, 2.24) is 5.32 Å². The second kappa shape index (κ2) is 5.26. The van der Waals surface area contributed by atoms with Crippen LogP contribution in [0.4, 0.5) is 0 Å². The van der Waals surface area contributed by atoms with Crippen LogP contribution in [0.2, 0.25) is 0 Å². The second-order valence-electron chi connectivity index (χ2n) is 6.11. The molecule has 0 aliphatic heterocycles. The fraction of sp³-hybridized carbons (Fsp3) is 0.846. The van der Waals surface area contributed by atoms with Gasteiger partial charge in [-0.1, -0.05) is 6.92 Å². The number of carbonyl (C=O) groups excluding carboxylic acids is 2. The molecule has 0 spiro atoms. The normalized spacial score (nSPS) is 28.8. The summed E-state index contributed by atoms with van der Waals surface area (Å²) < 4.78 is 0. The van der Waals surface area contributed by atoms with E-state index in [4.69, 9.17) is 11.5 Å². The summed E-state index contributed by atoms with van der Waals surface area (Å²) in [5, 5.41) is 2.74. The highest BCUT2D eigenvalue weighted by Gasteiger charge is 2.42. The minimum atomic E-state index is -1.03. The van der Waals surface area contributed by atoms with Crippen LogP contribution in [-0.4, -0.2) is 23.9 Å². The van der Waals surface area contributed by atoms with E-state index in [-0.39, 0.29) is 5.91 Å². The van der Waals surface area contributed by atoms with Gasteiger partial charge in [0, 0.05) is 6.54 Å². The quantitative estimate of drug-likeness (QED) is 0.683. The Balaban J connectivity index is 2.77. The molecule has 0 unspecified atom stereocenters. The Morgan fingerprint density at radius 1 is 1.33 bits per heavy atom. The summed E-state index contributed by atoms with van der Waals surface area (Å²) in [7, 11) is 0. The SMILES string of the molecule is CC1CCC(CN)(C(=O)NC(C)(C)C(N)=O)CC1. The maximum atomic E-state index is 12.4. The summed E-state index contributed by atoms with van der Waals surface area (Å²) in [6.07, 6.45) is 3.57. The Kier molecular flexibility index (Phi) is 4.37. The molecule has 0 aromatic heterocycles. The average molecular weight is 255 g/mol. The van der Waals surface area contributed by atoms with Gasteiger partial charge in [-0.15, -0.1) is 0 Å². The summed E-state index contributed by atoms with van der Waals surface area (Å²) in [5.74, 6) is -0.0328. The van der Waals surface area contributed by atoms with E-state index in [1.165, 1.54) is 0 Å². The first kappa shape index (κ1) is 15.0. The van der Waals surface area contributed by atoms with Crippen LogP contribution < -0.4 is 16.8 Å². The molecule has 1 rings (SSSR count). The molecule has 0 atom stereocenters. The van der Waals surface area contributed by atoms with Crippen molar-refractivity contribution in [3.05, 3.63) is 0 Å². The van der Waals surface area contributed by atoms with Gasteiger partial charge in [-0.3, -0.25) is 9.59 Å². The molecule has 104 valence electrons. The molecule has 5 heteroatoms. The zero-order chi connectivity index (χ0) is 14.0. The van der Waals surface area contributed by atoms with Crippen LogP contribution in [0.5, 0.6) is 0 Å². The smallest absolute Gasteiger partial charge is 0.242 e. The molecule has 1 fully saturated rings. The monoisotopic (exact) mass is 255 g/mol. The van der Waals surface area contributed by atoms with E-state index in [2.05, 4.69) is 12.2 Å². The second-order valence-corrected chi connectivity index (χ2v) is 6.11. The van der Waals surface area contributed by atoms with E-state index in [1.54, 1.807) is 13.8 Å². The molecule has 0 radical (unpaired) electrons. The molecule has 1 aliphatic rings. The van der Waals surface area contributed by atoms with Crippen LogP contribution in [0.25, 0.3) is 0 Å². The predicted molar refractivity (Wildman–Crippen MR) is 70.5 cm³/mol. The largest absolute Gasteiger partial charge is 0.368 e. The minimum Gasteiger partial charge on any atom is -0.368 e. The predicted octanol–water partition coefficient (Wildman–Crippen LogP) is 0.522. The van der Waals surface area contributed by atoms with Crippen LogP contribution in [0, 0.1) is 11.3 Å². The van der Waals surface area contributed by atoms with E-state index in [1.807, 2.05) is 0 Å². The van der Waals surface area contributed by atoms with Crippen LogP contribution in [-0.2, 0) is 9.59 Å². The standard InChI is InChI=1S/C13H25N3O2/c1-9-4-6-13(8-14,7-5-9)11(18)16-12(2,3)10(15)17/h9H,4-8,14H2,1-3H3,(H2,15,17)(H,16,18).